The molecule has 136 valence electrons. The quantitative estimate of drug-likeness (QED) is 0.777. The van der Waals surface area contributed by atoms with Crippen LogP contribution in [-0.4, -0.2) is 83.4 Å². The van der Waals surface area contributed by atoms with E-state index in [-0.39, 0.29) is 18.4 Å². The van der Waals surface area contributed by atoms with Gasteiger partial charge in [-0.2, -0.15) is 5.10 Å². The van der Waals surface area contributed by atoms with Gasteiger partial charge in [0, 0.05) is 57.0 Å². The fraction of sp³-hybridized carbons (Fsp3) is 0.706. The molecule has 0 radical (unpaired) electrons. The van der Waals surface area contributed by atoms with Crippen molar-refractivity contribution in [3.8, 4) is 0 Å². The number of amides is 1. The van der Waals surface area contributed by atoms with Crippen molar-refractivity contribution >= 4 is 11.9 Å². The number of methoxy groups -OCH3 is 1. The lowest BCUT2D eigenvalue weighted by Gasteiger charge is -2.25. The second kappa shape index (κ2) is 6.10. The number of nitrogens with one attached hydrogen (secondary N) is 1. The number of aryl methyl sites for hydroxylation is 1. The number of hydrogen-bond donors (Lipinski definition) is 2. The number of hydrogen-bond acceptors (Lipinski definition) is 5. The lowest BCUT2D eigenvalue weighted by atomic mass is 9.81. The van der Waals surface area contributed by atoms with Gasteiger partial charge in [-0.05, 0) is 19.3 Å². The Kier molecular flexibility index (Phi) is 4.04. The Bertz CT molecular complexity index is 703. The van der Waals surface area contributed by atoms with Gasteiger partial charge in [-0.1, -0.05) is 0 Å². The second-order valence-electron chi connectivity index (χ2n) is 7.45. The Morgan fingerprint density at radius 3 is 2.92 bits per heavy atom. The normalized spacial score (nSPS) is 28.4. The molecule has 3 aliphatic rings. The first-order chi connectivity index (χ1) is 12.0. The van der Waals surface area contributed by atoms with Crippen LogP contribution in [-0.2, 0) is 22.4 Å². The van der Waals surface area contributed by atoms with Gasteiger partial charge in [0.15, 0.2) is 5.69 Å². The van der Waals surface area contributed by atoms with Gasteiger partial charge in [0.2, 0.25) is 0 Å². The summed E-state index contributed by atoms with van der Waals surface area (Å²) in [6, 6.07) is 0. The number of rotatable bonds is 5. The predicted octanol–water partition coefficient (Wildman–Crippen LogP) is 0.00340. The molecule has 8 heteroatoms. The third-order valence-corrected chi connectivity index (χ3v) is 6.01. The van der Waals surface area contributed by atoms with E-state index in [9.17, 15) is 14.7 Å². The number of aromatic amines is 1. The number of fused-ring (bicyclic) bond motifs is 2. The number of aromatic nitrogens is 2. The lowest BCUT2D eigenvalue weighted by molar-refractivity contribution is -0.148. The molecule has 1 aromatic heterocycles. The van der Waals surface area contributed by atoms with Crippen molar-refractivity contribution in [2.24, 2.45) is 11.3 Å². The molecule has 2 fully saturated rings. The molecule has 1 amide bonds. The van der Waals surface area contributed by atoms with Crippen LogP contribution in [0.3, 0.4) is 0 Å². The summed E-state index contributed by atoms with van der Waals surface area (Å²) >= 11 is 0. The largest absolute Gasteiger partial charge is 0.481 e. The number of likely N-dealkylation sites (tertiary alicyclic amines) is 2. The zero-order chi connectivity index (χ0) is 17.6. The summed E-state index contributed by atoms with van der Waals surface area (Å²) in [6.07, 6.45) is 2.85. The van der Waals surface area contributed by atoms with Gasteiger partial charge >= 0.3 is 5.97 Å². The SMILES string of the molecule is COCCN1C[C@H]2CN(C(=O)c3n[nH]c4c3CCC4)C[C@@]2(C(=O)O)C1. The minimum atomic E-state index is -0.872. The van der Waals surface area contributed by atoms with E-state index < -0.39 is 11.4 Å². The summed E-state index contributed by atoms with van der Waals surface area (Å²) < 4.78 is 5.10. The second-order valence-corrected chi connectivity index (χ2v) is 7.45. The monoisotopic (exact) mass is 348 g/mol. The molecule has 2 atom stereocenters. The van der Waals surface area contributed by atoms with Gasteiger partial charge in [0.1, 0.15) is 5.41 Å². The summed E-state index contributed by atoms with van der Waals surface area (Å²) in [5.41, 5.74) is 1.70. The average Bonchev–Trinajstić information content (AvgIpc) is 3.30. The first kappa shape index (κ1) is 16.5. The van der Waals surface area contributed by atoms with Crippen molar-refractivity contribution in [2.75, 3.05) is 46.4 Å². The van der Waals surface area contributed by atoms with Crippen molar-refractivity contribution in [2.45, 2.75) is 19.3 Å². The van der Waals surface area contributed by atoms with Gasteiger partial charge in [0.25, 0.3) is 5.91 Å². The maximum absolute atomic E-state index is 12.9. The van der Waals surface area contributed by atoms with Crippen LogP contribution in [0.5, 0.6) is 0 Å². The lowest BCUT2D eigenvalue weighted by Crippen LogP contribution is -2.42. The number of carboxylic acid groups (broad SMARTS) is 1. The van der Waals surface area contributed by atoms with E-state index >= 15 is 0 Å². The van der Waals surface area contributed by atoms with E-state index in [1.165, 1.54) is 0 Å². The number of carboxylic acids is 1. The molecule has 2 N–H and O–H groups in total. The van der Waals surface area contributed by atoms with E-state index in [4.69, 9.17) is 4.74 Å². The number of nitrogens with zero attached hydrogens (tertiary/aromatic N) is 3. The van der Waals surface area contributed by atoms with Crippen molar-refractivity contribution in [1.29, 1.82) is 0 Å². The number of carbonyl (C=O) groups is 2. The molecule has 1 aliphatic carbocycles. The maximum Gasteiger partial charge on any atom is 0.313 e. The van der Waals surface area contributed by atoms with E-state index in [0.29, 0.717) is 31.9 Å². The first-order valence-electron chi connectivity index (χ1n) is 8.85. The van der Waals surface area contributed by atoms with E-state index in [2.05, 4.69) is 15.1 Å². The highest BCUT2D eigenvalue weighted by Gasteiger charge is 2.58. The van der Waals surface area contributed by atoms with Gasteiger partial charge in [0.05, 0.1) is 6.61 Å². The zero-order valence-electron chi connectivity index (χ0n) is 14.5. The Hall–Kier alpha value is -1.93. The Balaban J connectivity index is 1.52. The number of carbonyl (C=O) groups excluding carboxylic acids is 1. The van der Waals surface area contributed by atoms with Crippen LogP contribution < -0.4 is 0 Å². The molecule has 8 nitrogen and oxygen atoms in total. The number of aliphatic carboxylic acids is 1. The third-order valence-electron chi connectivity index (χ3n) is 6.01. The topological polar surface area (TPSA) is 98.8 Å². The molecule has 0 aromatic carbocycles. The van der Waals surface area contributed by atoms with E-state index in [1.54, 1.807) is 12.0 Å². The number of H-pyrrole nitrogens is 1. The molecule has 2 aliphatic heterocycles. The fourth-order valence-electron chi connectivity index (χ4n) is 4.66. The van der Waals surface area contributed by atoms with Crippen LogP contribution in [0.1, 0.15) is 28.2 Å². The highest BCUT2D eigenvalue weighted by molar-refractivity contribution is 5.95. The van der Waals surface area contributed by atoms with Crippen LogP contribution in [0.25, 0.3) is 0 Å². The number of ether oxygens (including phenoxy) is 1. The molecular weight excluding hydrogens is 324 g/mol. The van der Waals surface area contributed by atoms with Gasteiger partial charge in [-0.3, -0.25) is 19.6 Å². The molecule has 1 aromatic rings. The van der Waals surface area contributed by atoms with Gasteiger partial charge in [-0.25, -0.2) is 0 Å². The van der Waals surface area contributed by atoms with Crippen LogP contribution in [0, 0.1) is 11.3 Å². The van der Waals surface area contributed by atoms with Crippen molar-refractivity contribution in [1.82, 2.24) is 20.0 Å². The summed E-state index contributed by atoms with van der Waals surface area (Å²) in [5, 5.41) is 17.1. The Morgan fingerprint density at radius 1 is 1.36 bits per heavy atom. The molecular formula is C17H24N4O4. The Morgan fingerprint density at radius 2 is 2.20 bits per heavy atom. The minimum Gasteiger partial charge on any atom is -0.481 e. The molecule has 3 heterocycles. The molecule has 25 heavy (non-hydrogen) atoms. The van der Waals surface area contributed by atoms with Crippen molar-refractivity contribution < 1.29 is 19.4 Å². The standard InChI is InChI=1S/C17H24N4O4/c1-25-6-5-20-7-11-8-21(10-17(11,9-20)16(23)24)15(22)14-12-3-2-4-13(12)18-19-14/h11H,2-10H2,1H3,(H,18,19)(H,23,24)/t11-,17-/m0/s1. The highest BCUT2D eigenvalue weighted by Crippen LogP contribution is 2.43. The molecule has 2 saturated heterocycles. The van der Waals surface area contributed by atoms with Crippen LogP contribution in [0.2, 0.25) is 0 Å². The molecule has 0 spiro atoms. The highest BCUT2D eigenvalue weighted by atomic mass is 16.5. The zero-order valence-corrected chi connectivity index (χ0v) is 14.5. The van der Waals surface area contributed by atoms with Gasteiger partial charge in [-0.15, -0.1) is 0 Å². The van der Waals surface area contributed by atoms with Crippen molar-refractivity contribution in [3.63, 3.8) is 0 Å². The van der Waals surface area contributed by atoms with Crippen molar-refractivity contribution in [3.05, 3.63) is 17.0 Å². The maximum atomic E-state index is 12.9. The molecule has 0 bridgehead atoms. The average molecular weight is 348 g/mol. The molecule has 0 unspecified atom stereocenters. The minimum absolute atomic E-state index is 0.0437. The summed E-state index contributed by atoms with van der Waals surface area (Å²) in [6.45, 7) is 3.22. The summed E-state index contributed by atoms with van der Waals surface area (Å²) in [4.78, 5) is 28.8. The van der Waals surface area contributed by atoms with Crippen LogP contribution >= 0.6 is 0 Å². The van der Waals surface area contributed by atoms with Gasteiger partial charge < -0.3 is 14.7 Å². The fourth-order valence-corrected chi connectivity index (χ4v) is 4.66. The Labute approximate surface area is 146 Å². The van der Waals surface area contributed by atoms with E-state index in [0.717, 1.165) is 37.1 Å². The molecule has 4 rings (SSSR count). The third kappa shape index (κ3) is 2.55. The van der Waals surface area contributed by atoms with E-state index in [1.807, 2.05) is 0 Å². The van der Waals surface area contributed by atoms with Crippen LogP contribution in [0.4, 0.5) is 0 Å². The summed E-state index contributed by atoms with van der Waals surface area (Å²) in [7, 11) is 1.65. The first-order valence-corrected chi connectivity index (χ1v) is 8.85. The smallest absolute Gasteiger partial charge is 0.313 e. The summed E-state index contributed by atoms with van der Waals surface area (Å²) in [5.74, 6) is -0.976. The predicted molar refractivity (Wildman–Crippen MR) is 88.4 cm³/mol. The molecule has 0 saturated carbocycles. The van der Waals surface area contributed by atoms with Crippen LogP contribution in [0.15, 0.2) is 0 Å².